The van der Waals surface area contributed by atoms with Crippen LogP contribution in [0.5, 0.6) is 0 Å². The highest BCUT2D eigenvalue weighted by Crippen LogP contribution is 2.18. The lowest BCUT2D eigenvalue weighted by Crippen LogP contribution is -2.36. The average molecular weight is 355 g/mol. The zero-order valence-corrected chi connectivity index (χ0v) is 16.2. The minimum Gasteiger partial charge on any atom is -0.357 e. The quantitative estimate of drug-likeness (QED) is 0.633. The molecule has 2 aromatic heterocycles. The monoisotopic (exact) mass is 355 g/mol. The Kier molecular flexibility index (Phi) is 5.75. The van der Waals surface area contributed by atoms with E-state index >= 15 is 0 Å². The molecule has 3 rings (SSSR count). The van der Waals surface area contributed by atoms with Crippen LogP contribution in [-0.4, -0.2) is 40.9 Å². The predicted molar refractivity (Wildman–Crippen MR) is 105 cm³/mol. The van der Waals surface area contributed by atoms with Gasteiger partial charge in [-0.05, 0) is 44.4 Å². The van der Waals surface area contributed by atoms with Gasteiger partial charge in [0.2, 0.25) is 0 Å². The third kappa shape index (κ3) is 4.15. The number of aryl methyl sites for hydroxylation is 2. The molecule has 0 radical (unpaired) electrons. The summed E-state index contributed by atoms with van der Waals surface area (Å²) in [5.74, 6) is 1.86. The summed E-state index contributed by atoms with van der Waals surface area (Å²) in [7, 11) is 3.76. The van der Waals surface area contributed by atoms with Crippen molar-refractivity contribution in [2.75, 3.05) is 25.0 Å². The molecule has 2 aromatic rings. The van der Waals surface area contributed by atoms with Crippen molar-refractivity contribution in [2.24, 2.45) is 12.0 Å². The van der Waals surface area contributed by atoms with Crippen molar-refractivity contribution >= 4 is 11.8 Å². The van der Waals surface area contributed by atoms with Crippen molar-refractivity contribution in [2.45, 2.75) is 39.8 Å². The second kappa shape index (κ2) is 8.21. The van der Waals surface area contributed by atoms with Gasteiger partial charge in [-0.15, -0.1) is 0 Å². The number of guanidine groups is 1. The molecule has 0 bridgehead atoms. The summed E-state index contributed by atoms with van der Waals surface area (Å²) in [6.07, 6.45) is 4.41. The van der Waals surface area contributed by atoms with Crippen molar-refractivity contribution in [3.05, 3.63) is 40.8 Å². The first kappa shape index (κ1) is 18.2. The molecule has 7 nitrogen and oxygen atoms in total. The molecule has 0 aliphatic carbocycles. The van der Waals surface area contributed by atoms with Gasteiger partial charge >= 0.3 is 0 Å². The van der Waals surface area contributed by atoms with Gasteiger partial charge in [0, 0.05) is 57.7 Å². The molecule has 26 heavy (non-hydrogen) atoms. The minimum atomic E-state index is 0.709. The van der Waals surface area contributed by atoms with Gasteiger partial charge in [0.1, 0.15) is 5.82 Å². The molecule has 140 valence electrons. The summed E-state index contributed by atoms with van der Waals surface area (Å²) in [5.41, 5.74) is 4.65. The minimum absolute atomic E-state index is 0.709. The number of nitrogens with zero attached hydrogens (tertiary/aromatic N) is 5. The fourth-order valence-electron chi connectivity index (χ4n) is 3.34. The molecule has 1 aliphatic rings. The molecule has 0 amide bonds. The number of rotatable bonds is 5. The summed E-state index contributed by atoms with van der Waals surface area (Å²) in [4.78, 5) is 11.2. The third-order valence-corrected chi connectivity index (χ3v) is 5.02. The SMILES string of the molecule is CN=C(NCc1ccnc(N2CCCC2)c1)NCc1c(C)nn(C)c1C. The molecule has 2 N–H and O–H groups in total. The maximum absolute atomic E-state index is 4.51. The van der Waals surface area contributed by atoms with E-state index < -0.39 is 0 Å². The van der Waals surface area contributed by atoms with Gasteiger partial charge in [0.25, 0.3) is 0 Å². The van der Waals surface area contributed by atoms with Crippen LogP contribution in [0, 0.1) is 13.8 Å². The van der Waals surface area contributed by atoms with Gasteiger partial charge in [-0.2, -0.15) is 5.10 Å². The lowest BCUT2D eigenvalue weighted by atomic mass is 10.2. The average Bonchev–Trinajstić information content (AvgIpc) is 3.26. The Balaban J connectivity index is 1.56. The number of anilines is 1. The number of hydrogen-bond donors (Lipinski definition) is 2. The van der Waals surface area contributed by atoms with Gasteiger partial charge in [-0.25, -0.2) is 4.98 Å². The number of pyridine rings is 1. The Morgan fingerprint density at radius 3 is 2.58 bits per heavy atom. The summed E-state index contributed by atoms with van der Waals surface area (Å²) < 4.78 is 1.92. The number of aromatic nitrogens is 3. The van der Waals surface area contributed by atoms with E-state index in [9.17, 15) is 0 Å². The first-order chi connectivity index (χ1) is 12.6. The van der Waals surface area contributed by atoms with Crippen molar-refractivity contribution in [3.63, 3.8) is 0 Å². The van der Waals surface area contributed by atoms with E-state index in [0.29, 0.717) is 13.1 Å². The van der Waals surface area contributed by atoms with Crippen LogP contribution in [0.25, 0.3) is 0 Å². The van der Waals surface area contributed by atoms with E-state index in [4.69, 9.17) is 0 Å². The Labute approximate surface area is 155 Å². The molecule has 7 heteroatoms. The zero-order valence-electron chi connectivity index (χ0n) is 16.2. The Bertz CT molecular complexity index is 772. The summed E-state index contributed by atoms with van der Waals surface area (Å²) in [5, 5.41) is 11.2. The van der Waals surface area contributed by atoms with Crippen LogP contribution < -0.4 is 15.5 Å². The van der Waals surface area contributed by atoms with Crippen LogP contribution in [0.15, 0.2) is 23.3 Å². The van der Waals surface area contributed by atoms with Crippen molar-refractivity contribution in [1.29, 1.82) is 0 Å². The highest BCUT2D eigenvalue weighted by atomic mass is 15.3. The molecule has 0 saturated carbocycles. The van der Waals surface area contributed by atoms with E-state index in [2.05, 4.69) is 49.7 Å². The molecular formula is C19H29N7. The normalized spacial score (nSPS) is 14.8. The number of hydrogen-bond acceptors (Lipinski definition) is 4. The molecule has 1 fully saturated rings. The van der Waals surface area contributed by atoms with E-state index in [1.165, 1.54) is 29.7 Å². The Hall–Kier alpha value is -2.57. The molecule has 3 heterocycles. The third-order valence-electron chi connectivity index (χ3n) is 5.02. The van der Waals surface area contributed by atoms with Crippen LogP contribution in [-0.2, 0) is 20.1 Å². The van der Waals surface area contributed by atoms with Crippen LogP contribution in [0.3, 0.4) is 0 Å². The van der Waals surface area contributed by atoms with Gasteiger partial charge in [0.05, 0.1) is 5.69 Å². The van der Waals surface area contributed by atoms with Gasteiger partial charge in [-0.1, -0.05) is 0 Å². The Morgan fingerprint density at radius 2 is 1.92 bits per heavy atom. The second-order valence-electron chi connectivity index (χ2n) is 6.77. The fourth-order valence-corrected chi connectivity index (χ4v) is 3.34. The molecule has 0 aromatic carbocycles. The van der Waals surface area contributed by atoms with Gasteiger partial charge in [-0.3, -0.25) is 9.67 Å². The van der Waals surface area contributed by atoms with Crippen LogP contribution >= 0.6 is 0 Å². The van der Waals surface area contributed by atoms with E-state index in [0.717, 1.165) is 30.6 Å². The molecule has 1 saturated heterocycles. The maximum Gasteiger partial charge on any atom is 0.191 e. The highest BCUT2D eigenvalue weighted by Gasteiger charge is 2.14. The maximum atomic E-state index is 4.51. The topological polar surface area (TPSA) is 70.4 Å². The largest absolute Gasteiger partial charge is 0.357 e. The summed E-state index contributed by atoms with van der Waals surface area (Å²) >= 11 is 0. The van der Waals surface area contributed by atoms with Crippen molar-refractivity contribution in [1.82, 2.24) is 25.4 Å². The number of aliphatic imine (C=N–C) groups is 1. The van der Waals surface area contributed by atoms with Gasteiger partial charge < -0.3 is 15.5 Å². The first-order valence-corrected chi connectivity index (χ1v) is 9.22. The second-order valence-corrected chi connectivity index (χ2v) is 6.77. The van der Waals surface area contributed by atoms with E-state index in [-0.39, 0.29) is 0 Å². The summed E-state index contributed by atoms with van der Waals surface area (Å²) in [6.45, 7) is 7.77. The van der Waals surface area contributed by atoms with Crippen molar-refractivity contribution < 1.29 is 0 Å². The van der Waals surface area contributed by atoms with Gasteiger partial charge in [0.15, 0.2) is 5.96 Å². The molecule has 0 atom stereocenters. The van der Waals surface area contributed by atoms with Crippen LogP contribution in [0.1, 0.15) is 35.4 Å². The predicted octanol–water partition coefficient (Wildman–Crippen LogP) is 1.90. The zero-order chi connectivity index (χ0) is 18.5. The molecule has 0 spiro atoms. The van der Waals surface area contributed by atoms with Crippen molar-refractivity contribution in [3.8, 4) is 0 Å². The number of nitrogens with one attached hydrogen (secondary N) is 2. The lowest BCUT2D eigenvalue weighted by molar-refractivity contribution is 0.728. The first-order valence-electron chi connectivity index (χ1n) is 9.22. The standard InChI is InChI=1S/C19H29N7/c1-14-17(15(2)25(4)24-14)13-23-19(20-3)22-12-16-7-8-21-18(11-16)26-9-5-6-10-26/h7-8,11H,5-6,9-10,12-13H2,1-4H3,(H2,20,22,23). The molecule has 0 unspecified atom stereocenters. The summed E-state index contributed by atoms with van der Waals surface area (Å²) in [6, 6.07) is 4.22. The molecular weight excluding hydrogens is 326 g/mol. The fraction of sp³-hybridized carbons (Fsp3) is 0.526. The van der Waals surface area contributed by atoms with E-state index in [1.807, 2.05) is 24.9 Å². The van der Waals surface area contributed by atoms with Crippen LogP contribution in [0.2, 0.25) is 0 Å². The lowest BCUT2D eigenvalue weighted by Gasteiger charge is -2.17. The van der Waals surface area contributed by atoms with Crippen LogP contribution in [0.4, 0.5) is 5.82 Å². The Morgan fingerprint density at radius 1 is 1.19 bits per heavy atom. The smallest absolute Gasteiger partial charge is 0.191 e. The highest BCUT2D eigenvalue weighted by molar-refractivity contribution is 5.79. The van der Waals surface area contributed by atoms with E-state index in [1.54, 1.807) is 7.05 Å². The molecule has 1 aliphatic heterocycles.